The molecule has 3 heteroatoms. The van der Waals surface area contributed by atoms with Gasteiger partial charge in [0.05, 0.1) is 5.69 Å². The van der Waals surface area contributed by atoms with Crippen molar-refractivity contribution in [2.45, 2.75) is 27.2 Å². The fourth-order valence-electron chi connectivity index (χ4n) is 1.78. The van der Waals surface area contributed by atoms with Crippen LogP contribution in [0.15, 0.2) is 42.9 Å². The van der Waals surface area contributed by atoms with E-state index in [0.29, 0.717) is 6.42 Å². The van der Waals surface area contributed by atoms with Gasteiger partial charge in [0.15, 0.2) is 0 Å². The van der Waals surface area contributed by atoms with Crippen LogP contribution in [0.1, 0.15) is 26.3 Å². The summed E-state index contributed by atoms with van der Waals surface area (Å²) >= 11 is 0. The first-order valence-corrected chi connectivity index (χ1v) is 6.36. The van der Waals surface area contributed by atoms with Crippen LogP contribution in [0.4, 0.5) is 0 Å². The van der Waals surface area contributed by atoms with Crippen molar-refractivity contribution >= 4 is 5.78 Å². The van der Waals surface area contributed by atoms with E-state index in [-0.39, 0.29) is 11.2 Å². The topological polar surface area (TPSA) is 42.9 Å². The van der Waals surface area contributed by atoms with Crippen LogP contribution >= 0.6 is 0 Å². The third kappa shape index (κ3) is 3.25. The second-order valence-corrected chi connectivity index (χ2v) is 5.61. The Morgan fingerprint density at radius 2 is 1.84 bits per heavy atom. The minimum absolute atomic E-state index is 0.194. The van der Waals surface area contributed by atoms with Gasteiger partial charge in [-0.3, -0.25) is 4.79 Å². The van der Waals surface area contributed by atoms with Crippen LogP contribution in [0, 0.1) is 5.41 Å². The van der Waals surface area contributed by atoms with E-state index in [1.54, 1.807) is 6.20 Å². The summed E-state index contributed by atoms with van der Waals surface area (Å²) in [5.41, 5.74) is 2.40. The molecule has 0 amide bonds. The van der Waals surface area contributed by atoms with Crippen molar-refractivity contribution in [3.63, 3.8) is 0 Å². The SMILES string of the molecule is CC(C)(C)C(=O)Cc1cncnc1-c1ccccc1. The second-order valence-electron chi connectivity index (χ2n) is 5.61. The summed E-state index contributed by atoms with van der Waals surface area (Å²) in [5, 5.41) is 0. The first-order valence-electron chi connectivity index (χ1n) is 6.36. The lowest BCUT2D eigenvalue weighted by Gasteiger charge is -2.17. The van der Waals surface area contributed by atoms with Crippen LogP contribution in [-0.2, 0) is 11.2 Å². The van der Waals surface area contributed by atoms with Gasteiger partial charge < -0.3 is 0 Å². The van der Waals surface area contributed by atoms with Crippen LogP contribution in [0.3, 0.4) is 0 Å². The van der Waals surface area contributed by atoms with Crippen molar-refractivity contribution in [2.75, 3.05) is 0 Å². The molecule has 0 aliphatic heterocycles. The highest BCUT2D eigenvalue weighted by Gasteiger charge is 2.22. The lowest BCUT2D eigenvalue weighted by molar-refractivity contribution is -0.125. The molecule has 2 aromatic rings. The Hall–Kier alpha value is -2.03. The van der Waals surface area contributed by atoms with E-state index >= 15 is 0 Å². The van der Waals surface area contributed by atoms with Gasteiger partial charge in [-0.1, -0.05) is 51.1 Å². The molecule has 98 valence electrons. The molecular weight excluding hydrogens is 236 g/mol. The highest BCUT2D eigenvalue weighted by molar-refractivity contribution is 5.87. The number of benzene rings is 1. The van der Waals surface area contributed by atoms with Crippen molar-refractivity contribution in [3.05, 3.63) is 48.4 Å². The highest BCUT2D eigenvalue weighted by Crippen LogP contribution is 2.24. The maximum atomic E-state index is 12.2. The number of carbonyl (C=O) groups is 1. The first-order chi connectivity index (χ1) is 8.98. The van der Waals surface area contributed by atoms with E-state index in [9.17, 15) is 4.79 Å². The Morgan fingerprint density at radius 3 is 2.47 bits per heavy atom. The van der Waals surface area contributed by atoms with E-state index in [1.807, 2.05) is 51.1 Å². The third-order valence-electron chi connectivity index (χ3n) is 3.02. The van der Waals surface area contributed by atoms with Crippen LogP contribution in [0.25, 0.3) is 11.3 Å². The van der Waals surface area contributed by atoms with Gasteiger partial charge in [-0.2, -0.15) is 0 Å². The molecule has 0 atom stereocenters. The summed E-state index contributed by atoms with van der Waals surface area (Å²) in [6.45, 7) is 5.80. The summed E-state index contributed by atoms with van der Waals surface area (Å²) in [5.74, 6) is 0.194. The van der Waals surface area contributed by atoms with Crippen LogP contribution in [0.2, 0.25) is 0 Å². The van der Waals surface area contributed by atoms with Gasteiger partial charge >= 0.3 is 0 Å². The number of Topliss-reactive ketones (excluding diaryl/α,β-unsaturated/α-hetero) is 1. The average molecular weight is 254 g/mol. The van der Waals surface area contributed by atoms with E-state index in [1.165, 1.54) is 6.33 Å². The van der Waals surface area contributed by atoms with Gasteiger partial charge in [-0.05, 0) is 0 Å². The van der Waals surface area contributed by atoms with Gasteiger partial charge in [0.2, 0.25) is 0 Å². The van der Waals surface area contributed by atoms with Crippen molar-refractivity contribution in [1.29, 1.82) is 0 Å². The molecule has 3 nitrogen and oxygen atoms in total. The zero-order valence-electron chi connectivity index (χ0n) is 11.6. The minimum Gasteiger partial charge on any atom is -0.299 e. The quantitative estimate of drug-likeness (QED) is 0.844. The Kier molecular flexibility index (Phi) is 3.74. The molecule has 1 heterocycles. The zero-order chi connectivity index (χ0) is 13.9. The van der Waals surface area contributed by atoms with Crippen LogP contribution in [0.5, 0.6) is 0 Å². The lowest BCUT2D eigenvalue weighted by atomic mass is 9.86. The maximum Gasteiger partial charge on any atom is 0.142 e. The number of aromatic nitrogens is 2. The van der Waals surface area contributed by atoms with Crippen molar-refractivity contribution in [3.8, 4) is 11.3 Å². The molecule has 2 rings (SSSR count). The van der Waals surface area contributed by atoms with E-state index < -0.39 is 0 Å². The largest absolute Gasteiger partial charge is 0.299 e. The number of rotatable bonds is 3. The molecule has 0 saturated heterocycles. The molecule has 0 bridgehead atoms. The molecule has 1 aromatic carbocycles. The molecule has 0 aliphatic rings. The smallest absolute Gasteiger partial charge is 0.142 e. The minimum atomic E-state index is -0.343. The van der Waals surface area contributed by atoms with Crippen molar-refractivity contribution < 1.29 is 4.79 Å². The summed E-state index contributed by atoms with van der Waals surface area (Å²) in [7, 11) is 0. The average Bonchev–Trinajstić information content (AvgIpc) is 2.39. The summed E-state index contributed by atoms with van der Waals surface area (Å²) in [6.07, 6.45) is 3.63. The van der Waals surface area contributed by atoms with Gasteiger partial charge in [-0.15, -0.1) is 0 Å². The van der Waals surface area contributed by atoms with E-state index in [0.717, 1.165) is 16.8 Å². The maximum absolute atomic E-state index is 12.2. The number of nitrogens with zero attached hydrogens (tertiary/aromatic N) is 2. The number of hydrogen-bond acceptors (Lipinski definition) is 3. The molecule has 0 saturated carbocycles. The van der Waals surface area contributed by atoms with Crippen LogP contribution in [-0.4, -0.2) is 15.8 Å². The van der Waals surface area contributed by atoms with Crippen molar-refractivity contribution in [1.82, 2.24) is 9.97 Å². The van der Waals surface area contributed by atoms with E-state index in [4.69, 9.17) is 0 Å². The van der Waals surface area contributed by atoms with Crippen molar-refractivity contribution in [2.24, 2.45) is 5.41 Å². The monoisotopic (exact) mass is 254 g/mol. The molecule has 0 radical (unpaired) electrons. The Balaban J connectivity index is 2.35. The fraction of sp³-hybridized carbons (Fsp3) is 0.312. The third-order valence-corrected chi connectivity index (χ3v) is 3.02. The summed E-state index contributed by atoms with van der Waals surface area (Å²) in [6, 6.07) is 9.88. The molecule has 1 aromatic heterocycles. The Labute approximate surface area is 113 Å². The predicted molar refractivity (Wildman–Crippen MR) is 75.6 cm³/mol. The molecule has 19 heavy (non-hydrogen) atoms. The second kappa shape index (κ2) is 5.31. The van der Waals surface area contributed by atoms with E-state index in [2.05, 4.69) is 9.97 Å². The lowest BCUT2D eigenvalue weighted by Crippen LogP contribution is -2.22. The number of carbonyl (C=O) groups excluding carboxylic acids is 1. The highest BCUT2D eigenvalue weighted by atomic mass is 16.1. The fourth-order valence-corrected chi connectivity index (χ4v) is 1.78. The van der Waals surface area contributed by atoms with Gasteiger partial charge in [-0.25, -0.2) is 9.97 Å². The molecular formula is C16H18N2O. The van der Waals surface area contributed by atoms with Gasteiger partial charge in [0.1, 0.15) is 12.1 Å². The van der Waals surface area contributed by atoms with Gasteiger partial charge in [0.25, 0.3) is 0 Å². The predicted octanol–water partition coefficient (Wildman–Crippen LogP) is 3.30. The Bertz CT molecular complexity index is 571. The molecule has 0 unspecified atom stereocenters. The Morgan fingerprint density at radius 1 is 1.16 bits per heavy atom. The molecule has 0 fully saturated rings. The molecule has 0 spiro atoms. The number of hydrogen-bond donors (Lipinski definition) is 0. The molecule has 0 aliphatic carbocycles. The van der Waals surface area contributed by atoms with Gasteiger partial charge in [0, 0.05) is 29.2 Å². The first kappa shape index (κ1) is 13.4. The summed E-state index contributed by atoms with van der Waals surface area (Å²) in [4.78, 5) is 20.5. The standard InChI is InChI=1S/C16H18N2O/c1-16(2,3)14(19)9-13-10-17-11-18-15(13)12-7-5-4-6-8-12/h4-8,10-11H,9H2,1-3H3. The van der Waals surface area contributed by atoms with Crippen LogP contribution < -0.4 is 0 Å². The number of ketones is 1. The normalized spacial score (nSPS) is 11.3. The molecule has 0 N–H and O–H groups in total. The zero-order valence-corrected chi connectivity index (χ0v) is 11.6. The summed E-state index contributed by atoms with van der Waals surface area (Å²) < 4.78 is 0.